The Kier molecular flexibility index (Phi) is 4.18. The van der Waals surface area contributed by atoms with Crippen molar-refractivity contribution >= 4 is 16.4 Å². The first-order valence-electron chi connectivity index (χ1n) is 4.90. The molecule has 0 spiro atoms. The van der Waals surface area contributed by atoms with Crippen molar-refractivity contribution in [2.75, 3.05) is 0 Å². The molecule has 0 unspecified atom stereocenters. The molecule has 0 radical (unpaired) electrons. The lowest BCUT2D eigenvalue weighted by Crippen LogP contribution is -2.28. The van der Waals surface area contributed by atoms with Crippen LogP contribution in [0.4, 0.5) is 17.6 Å². The Morgan fingerprint density at radius 1 is 1.32 bits per heavy atom. The van der Waals surface area contributed by atoms with Crippen LogP contribution in [0.15, 0.2) is 12.1 Å². The average Bonchev–Trinajstić information content (AvgIpc) is 2.29. The van der Waals surface area contributed by atoms with E-state index in [0.717, 1.165) is 6.07 Å². The third-order valence-corrected chi connectivity index (χ3v) is 3.09. The van der Waals surface area contributed by atoms with Gasteiger partial charge < -0.3 is 4.18 Å². The molecular formula is C10H8F4O4S. The molecule has 0 bridgehead atoms. The van der Waals surface area contributed by atoms with Crippen LogP contribution in [-0.2, 0) is 16.5 Å². The van der Waals surface area contributed by atoms with Gasteiger partial charge in [-0.2, -0.15) is 21.6 Å². The van der Waals surface area contributed by atoms with Crippen LogP contribution < -0.4 is 4.18 Å². The van der Waals surface area contributed by atoms with Crippen LogP contribution in [0.1, 0.15) is 22.8 Å². The van der Waals surface area contributed by atoms with Crippen LogP contribution in [0.3, 0.4) is 0 Å². The van der Waals surface area contributed by atoms with E-state index in [-0.39, 0.29) is 23.8 Å². The van der Waals surface area contributed by atoms with Gasteiger partial charge in [0.1, 0.15) is 6.29 Å². The molecule has 0 aliphatic carbocycles. The fraction of sp³-hybridized carbons (Fsp3) is 0.300. The fourth-order valence-corrected chi connectivity index (χ4v) is 1.76. The van der Waals surface area contributed by atoms with Gasteiger partial charge >= 0.3 is 15.6 Å². The minimum absolute atomic E-state index is 0.0126. The summed E-state index contributed by atoms with van der Waals surface area (Å²) in [6.45, 7) is 1.44. The molecule has 0 N–H and O–H groups in total. The van der Waals surface area contributed by atoms with Gasteiger partial charge in [-0.1, -0.05) is 6.92 Å². The van der Waals surface area contributed by atoms with Crippen molar-refractivity contribution in [3.05, 3.63) is 29.1 Å². The zero-order chi connectivity index (χ0) is 14.8. The maximum atomic E-state index is 13.5. The average molecular weight is 300 g/mol. The molecule has 0 aromatic heterocycles. The first-order valence-corrected chi connectivity index (χ1v) is 6.31. The quantitative estimate of drug-likeness (QED) is 0.371. The Balaban J connectivity index is 3.33. The Labute approximate surface area is 106 Å². The van der Waals surface area contributed by atoms with E-state index in [1.807, 2.05) is 0 Å². The van der Waals surface area contributed by atoms with Gasteiger partial charge in [-0.3, -0.25) is 4.79 Å². The molecule has 0 heterocycles. The van der Waals surface area contributed by atoms with E-state index in [4.69, 9.17) is 0 Å². The zero-order valence-corrected chi connectivity index (χ0v) is 10.3. The highest BCUT2D eigenvalue weighted by molar-refractivity contribution is 7.88. The van der Waals surface area contributed by atoms with E-state index < -0.39 is 27.2 Å². The number of hydrogen-bond acceptors (Lipinski definition) is 4. The van der Waals surface area contributed by atoms with Gasteiger partial charge in [-0.25, -0.2) is 4.39 Å². The summed E-state index contributed by atoms with van der Waals surface area (Å²) in [6, 6.07) is 1.64. The van der Waals surface area contributed by atoms with E-state index in [9.17, 15) is 30.8 Å². The monoisotopic (exact) mass is 300 g/mol. The lowest BCUT2D eigenvalue weighted by atomic mass is 10.1. The molecular weight excluding hydrogens is 292 g/mol. The molecule has 0 atom stereocenters. The van der Waals surface area contributed by atoms with Crippen molar-refractivity contribution in [1.29, 1.82) is 0 Å². The molecule has 0 fully saturated rings. The Hall–Kier alpha value is -1.64. The standard InChI is InChI=1S/C10H8F4O4S/c1-2-7-3-6(5-15)4-8(11)9(7)18-19(16,17)10(12,13)14/h3-5H,2H2,1H3. The van der Waals surface area contributed by atoms with Gasteiger partial charge in [0.05, 0.1) is 0 Å². The summed E-state index contributed by atoms with van der Waals surface area (Å²) < 4.78 is 75.3. The number of carbonyl (C=O) groups excluding carboxylic acids is 1. The number of aryl methyl sites for hydroxylation is 1. The molecule has 0 aliphatic heterocycles. The van der Waals surface area contributed by atoms with Crippen molar-refractivity contribution in [3.8, 4) is 5.75 Å². The normalized spacial score (nSPS) is 12.3. The highest BCUT2D eigenvalue weighted by Crippen LogP contribution is 2.31. The topological polar surface area (TPSA) is 60.4 Å². The predicted octanol–water partition coefficient (Wildman–Crippen LogP) is 2.43. The Morgan fingerprint density at radius 2 is 1.89 bits per heavy atom. The molecule has 0 aliphatic rings. The van der Waals surface area contributed by atoms with Crippen molar-refractivity contribution < 1.29 is 35.0 Å². The van der Waals surface area contributed by atoms with Crippen molar-refractivity contribution in [3.63, 3.8) is 0 Å². The Bertz CT molecular complexity index is 592. The highest BCUT2D eigenvalue weighted by atomic mass is 32.2. The number of hydrogen-bond donors (Lipinski definition) is 0. The number of carbonyl (C=O) groups is 1. The first-order chi connectivity index (χ1) is 8.62. The first kappa shape index (κ1) is 15.4. The SMILES string of the molecule is CCc1cc(C=O)cc(F)c1OS(=O)(=O)C(F)(F)F. The van der Waals surface area contributed by atoms with Gasteiger partial charge in [0.2, 0.25) is 0 Å². The van der Waals surface area contributed by atoms with Crippen LogP contribution in [0, 0.1) is 5.82 Å². The zero-order valence-electron chi connectivity index (χ0n) is 9.49. The molecule has 9 heteroatoms. The maximum absolute atomic E-state index is 13.5. The second-order valence-electron chi connectivity index (χ2n) is 3.45. The van der Waals surface area contributed by atoms with Crippen LogP contribution in [-0.4, -0.2) is 20.2 Å². The molecule has 19 heavy (non-hydrogen) atoms. The number of benzene rings is 1. The number of halogens is 4. The molecule has 0 saturated carbocycles. The van der Waals surface area contributed by atoms with E-state index in [0.29, 0.717) is 6.07 Å². The lowest BCUT2D eigenvalue weighted by molar-refractivity contribution is -0.0501. The summed E-state index contributed by atoms with van der Waals surface area (Å²) in [5, 5.41) is 0. The third kappa shape index (κ3) is 3.22. The predicted molar refractivity (Wildman–Crippen MR) is 56.8 cm³/mol. The number of aldehydes is 1. The van der Waals surface area contributed by atoms with Crippen molar-refractivity contribution in [2.24, 2.45) is 0 Å². The second-order valence-corrected chi connectivity index (χ2v) is 4.98. The Morgan fingerprint density at radius 3 is 2.32 bits per heavy atom. The minimum atomic E-state index is -5.95. The van der Waals surface area contributed by atoms with Crippen molar-refractivity contribution in [2.45, 2.75) is 18.9 Å². The van der Waals surface area contributed by atoms with Crippen LogP contribution in [0.25, 0.3) is 0 Å². The summed E-state index contributed by atoms with van der Waals surface area (Å²) in [4.78, 5) is 10.5. The van der Waals surface area contributed by atoms with Crippen LogP contribution >= 0.6 is 0 Å². The summed E-state index contributed by atoms with van der Waals surface area (Å²) in [7, 11) is -5.95. The molecule has 1 aromatic rings. The van der Waals surface area contributed by atoms with Gasteiger partial charge in [-0.15, -0.1) is 0 Å². The highest BCUT2D eigenvalue weighted by Gasteiger charge is 2.49. The van der Waals surface area contributed by atoms with Crippen LogP contribution in [0.2, 0.25) is 0 Å². The molecule has 1 aromatic carbocycles. The molecule has 1 rings (SSSR count). The second kappa shape index (κ2) is 5.16. The van der Waals surface area contributed by atoms with Gasteiger partial charge in [0.15, 0.2) is 11.6 Å². The summed E-state index contributed by atoms with van der Waals surface area (Å²) in [5.74, 6) is -2.40. The van der Waals surface area contributed by atoms with Gasteiger partial charge in [0, 0.05) is 5.56 Å². The molecule has 0 amide bonds. The molecule has 0 saturated heterocycles. The fourth-order valence-electron chi connectivity index (χ4n) is 1.25. The van der Waals surface area contributed by atoms with E-state index in [1.165, 1.54) is 6.92 Å². The third-order valence-electron chi connectivity index (χ3n) is 2.14. The summed E-state index contributed by atoms with van der Waals surface area (Å²) >= 11 is 0. The van der Waals surface area contributed by atoms with E-state index in [1.54, 1.807) is 0 Å². The summed E-state index contributed by atoms with van der Waals surface area (Å²) in [5.41, 5.74) is -5.95. The van der Waals surface area contributed by atoms with Crippen molar-refractivity contribution in [1.82, 2.24) is 0 Å². The minimum Gasteiger partial charge on any atom is -0.373 e. The number of alkyl halides is 3. The maximum Gasteiger partial charge on any atom is 0.534 e. The molecule has 4 nitrogen and oxygen atoms in total. The smallest absolute Gasteiger partial charge is 0.373 e. The molecule has 106 valence electrons. The van der Waals surface area contributed by atoms with Gasteiger partial charge in [0.25, 0.3) is 0 Å². The number of rotatable bonds is 4. The lowest BCUT2D eigenvalue weighted by Gasteiger charge is -2.13. The van der Waals surface area contributed by atoms with Gasteiger partial charge in [-0.05, 0) is 24.1 Å². The van der Waals surface area contributed by atoms with E-state index >= 15 is 0 Å². The van der Waals surface area contributed by atoms with Crippen LogP contribution in [0.5, 0.6) is 5.75 Å². The summed E-state index contributed by atoms with van der Waals surface area (Å²) in [6.07, 6.45) is 0.269. The van der Waals surface area contributed by atoms with E-state index in [2.05, 4.69) is 4.18 Å². The largest absolute Gasteiger partial charge is 0.534 e.